The normalized spacial score (nSPS) is 11.4. The summed E-state index contributed by atoms with van der Waals surface area (Å²) < 4.78 is 6.07. The van der Waals surface area contributed by atoms with Gasteiger partial charge in [-0.15, -0.1) is 5.10 Å². The molecule has 0 amide bonds. The van der Waals surface area contributed by atoms with Crippen molar-refractivity contribution in [2.75, 3.05) is 0 Å². The van der Waals surface area contributed by atoms with Gasteiger partial charge in [0.1, 0.15) is 5.58 Å². The predicted octanol–water partition coefficient (Wildman–Crippen LogP) is 4.89. The number of nitrogens with one attached hydrogen (secondary N) is 2. The third kappa shape index (κ3) is 4.70. The molecule has 0 aliphatic heterocycles. The summed E-state index contributed by atoms with van der Waals surface area (Å²) in [6.07, 6.45) is 0. The van der Waals surface area contributed by atoms with Crippen LogP contribution in [0.1, 0.15) is 11.1 Å². The van der Waals surface area contributed by atoms with E-state index in [1.54, 1.807) is 0 Å². The van der Waals surface area contributed by atoms with Crippen molar-refractivity contribution in [2.45, 2.75) is 13.5 Å². The average molecular weight is 400 g/mol. The molecule has 5 heteroatoms. The molecule has 144 valence electrons. The third-order valence-corrected chi connectivity index (χ3v) is 4.81. The number of hydrogen-bond acceptors (Lipinski definition) is 3. The van der Waals surface area contributed by atoms with Crippen LogP contribution in [0, 0.1) is 6.92 Å². The number of aryl methyl sites for hydroxylation is 1. The van der Waals surface area contributed by atoms with Crippen LogP contribution in [0.2, 0.25) is 0 Å². The molecule has 0 aliphatic carbocycles. The quantitative estimate of drug-likeness (QED) is 0.379. The van der Waals surface area contributed by atoms with Gasteiger partial charge < -0.3 is 9.73 Å². The van der Waals surface area contributed by atoms with E-state index in [9.17, 15) is 0 Å². The second-order valence-electron chi connectivity index (χ2n) is 6.76. The fourth-order valence-electron chi connectivity index (χ4n) is 3.01. The molecule has 3 aromatic carbocycles. The van der Waals surface area contributed by atoms with Crippen LogP contribution in [-0.4, -0.2) is 5.11 Å². The Kier molecular flexibility index (Phi) is 5.68. The highest BCUT2D eigenvalue weighted by atomic mass is 32.1. The van der Waals surface area contributed by atoms with Crippen LogP contribution in [-0.2, 0) is 6.54 Å². The molecule has 4 nitrogen and oxygen atoms in total. The Balaban J connectivity index is 1.63. The lowest BCUT2D eigenvalue weighted by molar-refractivity contribution is 0.532. The highest BCUT2D eigenvalue weighted by Gasteiger charge is 2.07. The second-order valence-corrected chi connectivity index (χ2v) is 7.17. The summed E-state index contributed by atoms with van der Waals surface area (Å²) in [5.41, 5.74) is 8.45. The van der Waals surface area contributed by atoms with Crippen molar-refractivity contribution >= 4 is 28.3 Å². The standard InChI is InChI=1S/C24H21N3OS/c1-17-11-13-19(14-12-17)21-15-20-9-5-6-10-22(20)28-23(21)26-27-24(29)25-16-18-7-3-2-4-8-18/h2-15H,16H2,1H3,(H2,25,27,29)/b26-23+. The predicted molar refractivity (Wildman–Crippen MR) is 121 cm³/mol. The van der Waals surface area contributed by atoms with E-state index in [0.717, 1.165) is 27.7 Å². The number of hydrogen-bond donors (Lipinski definition) is 2. The van der Waals surface area contributed by atoms with Crippen LogP contribution < -0.4 is 16.3 Å². The van der Waals surface area contributed by atoms with Gasteiger partial charge in [0.25, 0.3) is 0 Å². The van der Waals surface area contributed by atoms with Gasteiger partial charge in [0.2, 0.25) is 5.55 Å². The first kappa shape index (κ1) is 18.9. The second kappa shape index (κ2) is 8.71. The molecule has 1 aromatic heterocycles. The Bertz CT molecular complexity index is 1200. The Hall–Kier alpha value is -3.44. The molecule has 2 N–H and O–H groups in total. The van der Waals surface area contributed by atoms with Crippen LogP contribution in [0.25, 0.3) is 22.1 Å². The molecule has 0 fully saturated rings. The van der Waals surface area contributed by atoms with E-state index >= 15 is 0 Å². The molecule has 0 bridgehead atoms. The highest BCUT2D eigenvalue weighted by Crippen LogP contribution is 2.21. The SMILES string of the molecule is Cc1ccc(-c2cc3ccccc3o/c2=N/NC(=S)NCc2ccccc2)cc1. The van der Waals surface area contributed by atoms with E-state index < -0.39 is 0 Å². The minimum Gasteiger partial charge on any atom is -0.436 e. The van der Waals surface area contributed by atoms with Crippen LogP contribution in [0.3, 0.4) is 0 Å². The van der Waals surface area contributed by atoms with Crippen LogP contribution in [0.4, 0.5) is 0 Å². The van der Waals surface area contributed by atoms with Crippen molar-refractivity contribution in [1.82, 2.24) is 10.7 Å². The maximum atomic E-state index is 6.07. The van der Waals surface area contributed by atoms with Gasteiger partial charge >= 0.3 is 0 Å². The van der Waals surface area contributed by atoms with E-state index in [4.69, 9.17) is 16.6 Å². The van der Waals surface area contributed by atoms with E-state index in [1.807, 2.05) is 54.6 Å². The van der Waals surface area contributed by atoms with E-state index in [1.165, 1.54) is 5.56 Å². The first-order valence-electron chi connectivity index (χ1n) is 9.40. The number of benzene rings is 3. The molecule has 0 unspecified atom stereocenters. The molecule has 0 saturated heterocycles. The summed E-state index contributed by atoms with van der Waals surface area (Å²) in [4.78, 5) is 0. The Morgan fingerprint density at radius 2 is 1.66 bits per heavy atom. The zero-order chi connectivity index (χ0) is 20.1. The Labute approximate surface area is 174 Å². The van der Waals surface area contributed by atoms with Gasteiger partial charge in [0, 0.05) is 17.5 Å². The van der Waals surface area contributed by atoms with Crippen molar-refractivity contribution in [3.05, 3.63) is 102 Å². The molecule has 4 aromatic rings. The molecule has 0 saturated carbocycles. The zero-order valence-corrected chi connectivity index (χ0v) is 16.9. The first-order valence-corrected chi connectivity index (χ1v) is 9.81. The summed E-state index contributed by atoms with van der Waals surface area (Å²) in [6.45, 7) is 2.69. The summed E-state index contributed by atoms with van der Waals surface area (Å²) in [5, 5.41) is 9.06. The van der Waals surface area contributed by atoms with Crippen molar-refractivity contribution in [3.63, 3.8) is 0 Å². The fourth-order valence-corrected chi connectivity index (χ4v) is 3.13. The molecule has 0 spiro atoms. The number of nitrogens with zero attached hydrogens (tertiary/aromatic N) is 1. The molecular weight excluding hydrogens is 378 g/mol. The molecule has 1 heterocycles. The van der Waals surface area contributed by atoms with Crippen molar-refractivity contribution in [2.24, 2.45) is 5.10 Å². The maximum Gasteiger partial charge on any atom is 0.244 e. The Morgan fingerprint density at radius 3 is 2.45 bits per heavy atom. The molecule has 4 rings (SSSR count). The number of rotatable bonds is 4. The van der Waals surface area contributed by atoms with Gasteiger partial charge in [-0.05, 0) is 42.4 Å². The van der Waals surface area contributed by atoms with Crippen LogP contribution in [0.15, 0.2) is 94.4 Å². The largest absolute Gasteiger partial charge is 0.436 e. The van der Waals surface area contributed by atoms with E-state index in [0.29, 0.717) is 17.2 Å². The van der Waals surface area contributed by atoms with Crippen LogP contribution in [0.5, 0.6) is 0 Å². The van der Waals surface area contributed by atoms with E-state index in [-0.39, 0.29) is 0 Å². The average Bonchev–Trinajstić information content (AvgIpc) is 2.77. The van der Waals surface area contributed by atoms with Gasteiger partial charge in [-0.2, -0.15) is 0 Å². The molecule has 29 heavy (non-hydrogen) atoms. The lowest BCUT2D eigenvalue weighted by Crippen LogP contribution is -2.33. The van der Waals surface area contributed by atoms with Crippen molar-refractivity contribution in [3.8, 4) is 11.1 Å². The first-order chi connectivity index (χ1) is 14.2. The number of thiocarbonyl (C=S) groups is 1. The molecule has 0 radical (unpaired) electrons. The van der Waals surface area contributed by atoms with E-state index in [2.05, 4.69) is 53.1 Å². The topological polar surface area (TPSA) is 49.6 Å². The summed E-state index contributed by atoms with van der Waals surface area (Å²) in [5.74, 6) is 0. The number of para-hydroxylation sites is 1. The molecule has 0 aliphatic rings. The number of fused-ring (bicyclic) bond motifs is 1. The summed E-state index contributed by atoms with van der Waals surface area (Å²) >= 11 is 5.37. The van der Waals surface area contributed by atoms with Gasteiger partial charge in [-0.25, -0.2) is 0 Å². The van der Waals surface area contributed by atoms with Crippen molar-refractivity contribution in [1.29, 1.82) is 0 Å². The molecule has 0 atom stereocenters. The summed E-state index contributed by atoms with van der Waals surface area (Å²) in [7, 11) is 0. The maximum absolute atomic E-state index is 6.07. The minimum absolute atomic E-state index is 0.437. The molecular formula is C24H21N3OS. The fraction of sp³-hybridized carbons (Fsp3) is 0.0833. The highest BCUT2D eigenvalue weighted by molar-refractivity contribution is 7.80. The minimum atomic E-state index is 0.437. The Morgan fingerprint density at radius 1 is 0.931 bits per heavy atom. The smallest absolute Gasteiger partial charge is 0.244 e. The van der Waals surface area contributed by atoms with Crippen molar-refractivity contribution < 1.29 is 4.42 Å². The third-order valence-electron chi connectivity index (χ3n) is 4.57. The summed E-state index contributed by atoms with van der Waals surface area (Å²) in [6, 6.07) is 28.4. The van der Waals surface area contributed by atoms with Gasteiger partial charge in [-0.3, -0.25) is 5.43 Å². The lowest BCUT2D eigenvalue weighted by Gasteiger charge is -2.08. The monoisotopic (exact) mass is 399 g/mol. The van der Waals surface area contributed by atoms with Gasteiger partial charge in [-0.1, -0.05) is 78.4 Å². The van der Waals surface area contributed by atoms with Gasteiger partial charge in [0.05, 0.1) is 0 Å². The van der Waals surface area contributed by atoms with Gasteiger partial charge in [0.15, 0.2) is 5.11 Å². The zero-order valence-electron chi connectivity index (χ0n) is 16.1. The van der Waals surface area contributed by atoms with Crippen LogP contribution >= 0.6 is 12.2 Å². The lowest BCUT2D eigenvalue weighted by atomic mass is 10.0.